The highest BCUT2D eigenvalue weighted by Gasteiger charge is 2.26. The molecule has 3 nitrogen and oxygen atoms in total. The van der Waals surface area contributed by atoms with Gasteiger partial charge in [-0.1, -0.05) is 18.5 Å². The van der Waals surface area contributed by atoms with Gasteiger partial charge in [0.05, 0.1) is 11.1 Å². The van der Waals surface area contributed by atoms with Crippen LogP contribution in [0.2, 0.25) is 5.02 Å². The van der Waals surface area contributed by atoms with E-state index in [0.29, 0.717) is 17.0 Å². The molecule has 0 aliphatic heterocycles. The van der Waals surface area contributed by atoms with Gasteiger partial charge in [-0.2, -0.15) is 0 Å². The number of nitrogens with two attached hydrogens (primary N) is 1. The van der Waals surface area contributed by atoms with Crippen molar-refractivity contribution in [1.82, 2.24) is 4.98 Å². The fraction of sp³-hybridized carbons (Fsp3) is 0.500. The molecule has 4 heteroatoms. The molecular weight excluding hydrogens is 296 g/mol. The van der Waals surface area contributed by atoms with E-state index >= 15 is 0 Å². The van der Waals surface area contributed by atoms with Gasteiger partial charge in [-0.25, -0.2) is 0 Å². The lowest BCUT2D eigenvalue weighted by Gasteiger charge is -2.32. The Kier molecular flexibility index (Phi) is 4.84. The van der Waals surface area contributed by atoms with E-state index < -0.39 is 0 Å². The van der Waals surface area contributed by atoms with E-state index in [-0.39, 0.29) is 6.10 Å². The number of rotatable bonds is 4. The Hall–Kier alpha value is -1.32. The lowest BCUT2D eigenvalue weighted by molar-refractivity contribution is 0.122. The monoisotopic (exact) mass is 318 g/mol. The van der Waals surface area contributed by atoms with Crippen LogP contribution in [0.1, 0.15) is 39.0 Å². The third-order valence-electron chi connectivity index (χ3n) is 4.78. The molecule has 0 bridgehead atoms. The van der Waals surface area contributed by atoms with Crippen LogP contribution in [-0.4, -0.2) is 17.1 Å². The largest absolute Gasteiger partial charge is 0.489 e. The molecule has 1 aromatic heterocycles. The summed E-state index contributed by atoms with van der Waals surface area (Å²) < 4.78 is 6.16. The molecule has 2 N–H and O–H groups in total. The molecule has 3 rings (SSSR count). The molecule has 1 fully saturated rings. The fourth-order valence-electron chi connectivity index (χ4n) is 3.33. The number of hydrogen-bond acceptors (Lipinski definition) is 3. The van der Waals surface area contributed by atoms with Crippen molar-refractivity contribution in [1.29, 1.82) is 0 Å². The maximum Gasteiger partial charge on any atom is 0.138 e. The Morgan fingerprint density at radius 3 is 2.77 bits per heavy atom. The minimum absolute atomic E-state index is 0.247. The molecule has 1 aromatic carbocycles. The molecule has 0 amide bonds. The van der Waals surface area contributed by atoms with E-state index in [9.17, 15) is 0 Å². The normalized spacial score (nSPS) is 23.4. The molecule has 1 saturated carbocycles. The van der Waals surface area contributed by atoms with Crippen molar-refractivity contribution in [3.05, 3.63) is 35.6 Å². The summed E-state index contributed by atoms with van der Waals surface area (Å²) in [6.45, 7) is 2.16. The smallest absolute Gasteiger partial charge is 0.138 e. The van der Waals surface area contributed by atoms with Crippen molar-refractivity contribution >= 4 is 22.4 Å². The van der Waals surface area contributed by atoms with Gasteiger partial charge in [0, 0.05) is 23.8 Å². The molecule has 1 aliphatic carbocycles. The van der Waals surface area contributed by atoms with E-state index in [4.69, 9.17) is 22.1 Å². The van der Waals surface area contributed by atoms with Crippen LogP contribution < -0.4 is 10.5 Å². The second-order valence-electron chi connectivity index (χ2n) is 6.23. The average molecular weight is 319 g/mol. The first-order valence-electron chi connectivity index (χ1n) is 8.13. The number of aromatic nitrogens is 1. The van der Waals surface area contributed by atoms with E-state index in [1.807, 2.05) is 24.4 Å². The maximum absolute atomic E-state index is 6.35. The Bertz CT molecular complexity index is 638. The minimum Gasteiger partial charge on any atom is -0.489 e. The summed E-state index contributed by atoms with van der Waals surface area (Å²) in [4.78, 5) is 4.12. The van der Waals surface area contributed by atoms with Gasteiger partial charge in [0.25, 0.3) is 0 Å². The second kappa shape index (κ2) is 6.84. The zero-order valence-electron chi connectivity index (χ0n) is 13.0. The van der Waals surface area contributed by atoms with Crippen molar-refractivity contribution in [3.8, 4) is 5.75 Å². The molecule has 1 heterocycles. The van der Waals surface area contributed by atoms with Gasteiger partial charge in [-0.15, -0.1) is 0 Å². The molecule has 0 spiro atoms. The van der Waals surface area contributed by atoms with Crippen molar-refractivity contribution in [2.75, 3.05) is 0 Å². The molecule has 118 valence electrons. The number of nitrogens with zero attached hydrogens (tertiary/aromatic N) is 1. The molecule has 22 heavy (non-hydrogen) atoms. The summed E-state index contributed by atoms with van der Waals surface area (Å²) in [6, 6.07) is 6.26. The Balaban J connectivity index is 1.68. The number of halogens is 1. The number of benzene rings is 1. The van der Waals surface area contributed by atoms with Crippen LogP contribution in [0, 0.1) is 5.92 Å². The van der Waals surface area contributed by atoms with Crippen LogP contribution in [0.15, 0.2) is 30.6 Å². The van der Waals surface area contributed by atoms with Gasteiger partial charge in [0.2, 0.25) is 0 Å². The standard InChI is InChI=1S/C18H23ClN2O/c1-2-17(20)12-3-5-15(6-4-12)22-18-10-13-7-8-21-11-14(13)9-16(18)19/h7-12,15,17H,2-6,20H2,1H3. The molecule has 0 saturated heterocycles. The quantitative estimate of drug-likeness (QED) is 0.898. The summed E-state index contributed by atoms with van der Waals surface area (Å²) in [6.07, 6.45) is 9.33. The molecule has 1 aliphatic rings. The zero-order valence-corrected chi connectivity index (χ0v) is 13.7. The molecule has 0 radical (unpaired) electrons. The Morgan fingerprint density at radius 1 is 1.27 bits per heavy atom. The van der Waals surface area contributed by atoms with Gasteiger partial charge in [-0.05, 0) is 61.6 Å². The fourth-order valence-corrected chi connectivity index (χ4v) is 3.54. The maximum atomic E-state index is 6.35. The minimum atomic E-state index is 0.247. The third kappa shape index (κ3) is 3.36. The van der Waals surface area contributed by atoms with Crippen molar-refractivity contribution in [2.24, 2.45) is 11.7 Å². The summed E-state index contributed by atoms with van der Waals surface area (Å²) in [5.41, 5.74) is 6.16. The molecule has 2 aromatic rings. The van der Waals surface area contributed by atoms with Gasteiger partial charge in [0.1, 0.15) is 5.75 Å². The first-order valence-corrected chi connectivity index (χ1v) is 8.50. The second-order valence-corrected chi connectivity index (χ2v) is 6.64. The van der Waals surface area contributed by atoms with Crippen LogP contribution in [-0.2, 0) is 0 Å². The highest BCUT2D eigenvalue weighted by atomic mass is 35.5. The molecule has 1 atom stereocenters. The Labute approximate surface area is 136 Å². The highest BCUT2D eigenvalue weighted by molar-refractivity contribution is 6.32. The molecular formula is C18H23ClN2O. The lowest BCUT2D eigenvalue weighted by atomic mass is 9.82. The van der Waals surface area contributed by atoms with Gasteiger partial charge < -0.3 is 10.5 Å². The van der Waals surface area contributed by atoms with Crippen molar-refractivity contribution in [3.63, 3.8) is 0 Å². The van der Waals surface area contributed by atoms with Crippen molar-refractivity contribution < 1.29 is 4.74 Å². The van der Waals surface area contributed by atoms with Gasteiger partial charge >= 0.3 is 0 Å². The van der Waals surface area contributed by atoms with E-state index in [0.717, 1.165) is 48.6 Å². The number of hydrogen-bond donors (Lipinski definition) is 1. The SMILES string of the molecule is CCC(N)C1CCC(Oc2cc3ccncc3cc2Cl)CC1. The van der Waals surface area contributed by atoms with E-state index in [1.165, 1.54) is 0 Å². The predicted octanol–water partition coefficient (Wildman–Crippen LogP) is 4.56. The van der Waals surface area contributed by atoms with E-state index in [2.05, 4.69) is 11.9 Å². The summed E-state index contributed by atoms with van der Waals surface area (Å²) in [7, 11) is 0. The van der Waals surface area contributed by atoms with Gasteiger partial charge in [0.15, 0.2) is 0 Å². The predicted molar refractivity (Wildman–Crippen MR) is 91.4 cm³/mol. The summed E-state index contributed by atoms with van der Waals surface area (Å²) in [5.74, 6) is 1.42. The van der Waals surface area contributed by atoms with Crippen LogP contribution in [0.3, 0.4) is 0 Å². The number of ether oxygens (including phenoxy) is 1. The highest BCUT2D eigenvalue weighted by Crippen LogP contribution is 2.34. The van der Waals surface area contributed by atoms with Crippen molar-refractivity contribution in [2.45, 2.75) is 51.2 Å². The topological polar surface area (TPSA) is 48.1 Å². The number of pyridine rings is 1. The Morgan fingerprint density at radius 2 is 2.05 bits per heavy atom. The molecule has 1 unspecified atom stereocenters. The lowest BCUT2D eigenvalue weighted by Crippen LogP contribution is -2.35. The van der Waals surface area contributed by atoms with Crippen LogP contribution in [0.25, 0.3) is 10.8 Å². The van der Waals surface area contributed by atoms with Crippen LogP contribution in [0.4, 0.5) is 0 Å². The van der Waals surface area contributed by atoms with Gasteiger partial charge in [-0.3, -0.25) is 4.98 Å². The van der Waals surface area contributed by atoms with Crippen LogP contribution in [0.5, 0.6) is 5.75 Å². The average Bonchev–Trinajstić information content (AvgIpc) is 2.55. The van der Waals surface area contributed by atoms with Crippen LogP contribution >= 0.6 is 11.6 Å². The summed E-state index contributed by atoms with van der Waals surface area (Å²) in [5, 5.41) is 2.81. The first kappa shape index (κ1) is 15.6. The first-order chi connectivity index (χ1) is 10.7. The number of fused-ring (bicyclic) bond motifs is 1. The zero-order chi connectivity index (χ0) is 15.5. The summed E-state index contributed by atoms with van der Waals surface area (Å²) >= 11 is 6.35. The van der Waals surface area contributed by atoms with E-state index in [1.54, 1.807) is 6.20 Å². The third-order valence-corrected chi connectivity index (χ3v) is 5.08.